The normalized spacial score (nSPS) is 13.1. The van der Waals surface area contributed by atoms with E-state index in [9.17, 15) is 5.11 Å². The molecule has 0 saturated carbocycles. The zero-order valence-corrected chi connectivity index (χ0v) is 15.0. The molecule has 0 aliphatic carbocycles. The van der Waals surface area contributed by atoms with E-state index in [2.05, 4.69) is 41.6 Å². The second kappa shape index (κ2) is 7.00. The summed E-state index contributed by atoms with van der Waals surface area (Å²) in [7, 11) is 2.06. The molecule has 25 heavy (non-hydrogen) atoms. The van der Waals surface area contributed by atoms with Gasteiger partial charge in [0.1, 0.15) is 5.58 Å². The lowest BCUT2D eigenvalue weighted by Gasteiger charge is -2.21. The Morgan fingerprint density at radius 1 is 1.08 bits per heavy atom. The minimum absolute atomic E-state index is 0.558. The van der Waals surface area contributed by atoms with Gasteiger partial charge in [0, 0.05) is 28.7 Å². The Labute approximate surface area is 151 Å². The molecule has 128 valence electrons. The van der Waals surface area contributed by atoms with Crippen molar-refractivity contribution in [2.75, 3.05) is 20.1 Å². The number of rotatable bonds is 6. The fourth-order valence-corrected chi connectivity index (χ4v) is 4.27. The number of furan rings is 1. The Morgan fingerprint density at radius 2 is 1.92 bits per heavy atom. The topological polar surface area (TPSA) is 36.6 Å². The molecule has 0 radical (unpaired) electrons. The molecule has 4 rings (SSSR count). The number of hydrogen-bond donors (Lipinski definition) is 1. The highest BCUT2D eigenvalue weighted by molar-refractivity contribution is 7.17. The lowest BCUT2D eigenvalue weighted by molar-refractivity contribution is 0.128. The maximum atomic E-state index is 10.6. The molecule has 0 bridgehead atoms. The summed E-state index contributed by atoms with van der Waals surface area (Å²) in [6.45, 7) is 1.49. The number of likely N-dealkylation sites (N-methyl/N-ethyl adjacent to an activating group) is 1. The predicted molar refractivity (Wildman–Crippen MR) is 104 cm³/mol. The maximum absolute atomic E-state index is 10.6. The molecule has 4 heteroatoms. The summed E-state index contributed by atoms with van der Waals surface area (Å²) in [5, 5.41) is 15.1. The van der Waals surface area contributed by atoms with E-state index in [1.54, 1.807) is 17.6 Å². The van der Waals surface area contributed by atoms with Crippen molar-refractivity contribution in [2.45, 2.75) is 12.5 Å². The molecule has 0 saturated heterocycles. The zero-order valence-electron chi connectivity index (χ0n) is 14.2. The molecule has 2 heterocycles. The number of nitrogens with zero attached hydrogens (tertiary/aromatic N) is 1. The summed E-state index contributed by atoms with van der Waals surface area (Å²) in [4.78, 5) is 2.18. The fraction of sp³-hybridized carbons (Fsp3) is 0.238. The van der Waals surface area contributed by atoms with Crippen LogP contribution in [-0.2, 0) is 6.42 Å². The number of aliphatic hydroxyl groups excluding tert-OH is 1. The van der Waals surface area contributed by atoms with Gasteiger partial charge in [-0.15, -0.1) is 11.3 Å². The van der Waals surface area contributed by atoms with Crippen LogP contribution in [0.1, 0.15) is 17.2 Å². The Balaban J connectivity index is 1.42. The van der Waals surface area contributed by atoms with Crippen molar-refractivity contribution in [2.24, 2.45) is 0 Å². The van der Waals surface area contributed by atoms with Crippen LogP contribution in [-0.4, -0.2) is 30.1 Å². The number of thiophene rings is 1. The Kier molecular flexibility index (Phi) is 4.57. The van der Waals surface area contributed by atoms with Crippen LogP contribution < -0.4 is 0 Å². The van der Waals surface area contributed by atoms with Gasteiger partial charge >= 0.3 is 0 Å². The van der Waals surface area contributed by atoms with E-state index in [0.29, 0.717) is 6.54 Å². The average Bonchev–Trinajstić information content (AvgIpc) is 3.28. The molecule has 3 nitrogen and oxygen atoms in total. The Hall–Kier alpha value is -2.14. The average molecular weight is 351 g/mol. The Morgan fingerprint density at radius 3 is 2.84 bits per heavy atom. The zero-order chi connectivity index (χ0) is 17.2. The van der Waals surface area contributed by atoms with Crippen LogP contribution in [0.3, 0.4) is 0 Å². The molecule has 2 aromatic carbocycles. The Bertz CT molecular complexity index is 988. The van der Waals surface area contributed by atoms with E-state index in [-0.39, 0.29) is 0 Å². The lowest BCUT2D eigenvalue weighted by Crippen LogP contribution is -2.26. The molecule has 0 fully saturated rings. The lowest BCUT2D eigenvalue weighted by atomic mass is 10.1. The molecule has 4 aromatic rings. The quantitative estimate of drug-likeness (QED) is 0.539. The van der Waals surface area contributed by atoms with Crippen LogP contribution in [0.5, 0.6) is 0 Å². The van der Waals surface area contributed by atoms with Crippen molar-refractivity contribution in [1.82, 2.24) is 4.90 Å². The highest BCUT2D eigenvalue weighted by atomic mass is 32.1. The van der Waals surface area contributed by atoms with Gasteiger partial charge in [0.15, 0.2) is 0 Å². The fourth-order valence-electron chi connectivity index (χ4n) is 3.33. The van der Waals surface area contributed by atoms with Crippen molar-refractivity contribution >= 4 is 32.4 Å². The van der Waals surface area contributed by atoms with Gasteiger partial charge in [-0.25, -0.2) is 0 Å². The molecule has 1 N–H and O–H groups in total. The SMILES string of the molecule is CN(CCc1cccc2ccsc12)CC(O)c1cccc2ccoc12. The first-order valence-corrected chi connectivity index (χ1v) is 9.38. The van der Waals surface area contributed by atoms with Crippen LogP contribution >= 0.6 is 11.3 Å². The first-order valence-electron chi connectivity index (χ1n) is 8.50. The van der Waals surface area contributed by atoms with E-state index in [1.807, 2.05) is 24.3 Å². The largest absolute Gasteiger partial charge is 0.464 e. The van der Waals surface area contributed by atoms with Crippen molar-refractivity contribution < 1.29 is 9.52 Å². The predicted octanol–water partition coefficient (Wildman–Crippen LogP) is 4.86. The number of para-hydroxylation sites is 1. The molecular formula is C21H21NO2S. The smallest absolute Gasteiger partial charge is 0.139 e. The maximum Gasteiger partial charge on any atom is 0.139 e. The summed E-state index contributed by atoms with van der Waals surface area (Å²) >= 11 is 1.80. The molecule has 1 atom stereocenters. The highest BCUT2D eigenvalue weighted by Crippen LogP contribution is 2.27. The molecule has 0 amide bonds. The molecule has 0 aliphatic rings. The van der Waals surface area contributed by atoms with Crippen LogP contribution in [0.4, 0.5) is 0 Å². The number of fused-ring (bicyclic) bond motifs is 2. The van der Waals surface area contributed by atoms with Gasteiger partial charge in [0.05, 0.1) is 12.4 Å². The summed E-state index contributed by atoms with van der Waals surface area (Å²) < 4.78 is 6.92. The van der Waals surface area contributed by atoms with Gasteiger partial charge in [-0.1, -0.05) is 36.4 Å². The van der Waals surface area contributed by atoms with Crippen LogP contribution in [0, 0.1) is 0 Å². The third kappa shape index (κ3) is 3.33. The third-order valence-electron chi connectivity index (χ3n) is 4.68. The van der Waals surface area contributed by atoms with Gasteiger partial charge in [-0.05, 0) is 41.9 Å². The van der Waals surface area contributed by atoms with E-state index in [0.717, 1.165) is 29.5 Å². The minimum Gasteiger partial charge on any atom is -0.464 e. The minimum atomic E-state index is -0.558. The monoisotopic (exact) mass is 351 g/mol. The molecule has 0 spiro atoms. The van der Waals surface area contributed by atoms with Crippen molar-refractivity contribution in [1.29, 1.82) is 0 Å². The summed E-state index contributed by atoms with van der Waals surface area (Å²) in [6.07, 6.45) is 2.09. The first kappa shape index (κ1) is 16.3. The number of benzene rings is 2. The summed E-state index contributed by atoms with van der Waals surface area (Å²) in [5.74, 6) is 0. The van der Waals surface area contributed by atoms with Gasteiger partial charge < -0.3 is 14.4 Å². The summed E-state index contributed by atoms with van der Waals surface area (Å²) in [5.41, 5.74) is 3.02. The van der Waals surface area contributed by atoms with E-state index >= 15 is 0 Å². The second-order valence-corrected chi connectivity index (χ2v) is 7.39. The van der Waals surface area contributed by atoms with Crippen molar-refractivity contribution in [3.05, 3.63) is 71.3 Å². The van der Waals surface area contributed by atoms with E-state index in [4.69, 9.17) is 4.42 Å². The van der Waals surface area contributed by atoms with E-state index < -0.39 is 6.10 Å². The molecule has 0 aliphatic heterocycles. The third-order valence-corrected chi connectivity index (χ3v) is 5.68. The van der Waals surface area contributed by atoms with Gasteiger partial charge in [0.25, 0.3) is 0 Å². The van der Waals surface area contributed by atoms with Crippen LogP contribution in [0.2, 0.25) is 0 Å². The van der Waals surface area contributed by atoms with Gasteiger partial charge in [-0.2, -0.15) is 0 Å². The number of aliphatic hydroxyl groups is 1. The van der Waals surface area contributed by atoms with Crippen LogP contribution in [0.15, 0.2) is 64.6 Å². The second-order valence-electron chi connectivity index (χ2n) is 6.47. The van der Waals surface area contributed by atoms with Crippen LogP contribution in [0.25, 0.3) is 21.1 Å². The highest BCUT2D eigenvalue weighted by Gasteiger charge is 2.15. The standard InChI is InChI=1S/C21H21NO2S/c1-22(11-8-16-5-2-6-17-10-13-25-21(16)17)14-19(23)18-7-3-4-15-9-12-24-20(15)18/h2-7,9-10,12-13,19,23H,8,11,14H2,1H3. The van der Waals surface area contributed by atoms with Gasteiger partial charge in [0.2, 0.25) is 0 Å². The number of hydrogen-bond acceptors (Lipinski definition) is 4. The first-order chi connectivity index (χ1) is 12.2. The molecule has 2 aromatic heterocycles. The van der Waals surface area contributed by atoms with Crippen molar-refractivity contribution in [3.63, 3.8) is 0 Å². The van der Waals surface area contributed by atoms with Crippen molar-refractivity contribution in [3.8, 4) is 0 Å². The summed E-state index contributed by atoms with van der Waals surface area (Å²) in [6, 6.07) is 16.5. The van der Waals surface area contributed by atoms with E-state index in [1.165, 1.54) is 15.6 Å². The molecule has 1 unspecified atom stereocenters. The van der Waals surface area contributed by atoms with Gasteiger partial charge in [-0.3, -0.25) is 0 Å². The molecular weight excluding hydrogens is 330 g/mol.